The Bertz CT molecular complexity index is 981. The number of benzene rings is 3. The molecule has 0 unspecified atom stereocenters. The van der Waals surface area contributed by atoms with Gasteiger partial charge in [-0.05, 0) is 59.4 Å². The normalized spacial score (nSPS) is 10.4. The number of nitrogens with zero attached hydrogens (tertiary/aromatic N) is 2. The Hall–Kier alpha value is -4.20. The standard InChI is InChI=1S/C26H32N6O2/c27-25(28)31-15-13-19-5-9-23(10-6-19)33-17-21-1-2-22(4-3-21)18-34-24-11-7-20(8-12-24)14-16-32-26(29)30/h1-12H,13-18H2,(H4,27,28,31)(H4,29,30,32). The third-order valence-corrected chi connectivity index (χ3v) is 5.07. The molecule has 0 radical (unpaired) electrons. The minimum Gasteiger partial charge on any atom is -0.489 e. The smallest absolute Gasteiger partial charge is 0.185 e. The lowest BCUT2D eigenvalue weighted by Gasteiger charge is -2.09. The highest BCUT2D eigenvalue weighted by atomic mass is 16.5. The highest BCUT2D eigenvalue weighted by Gasteiger charge is 2.01. The van der Waals surface area contributed by atoms with Crippen molar-refractivity contribution in [1.29, 1.82) is 0 Å². The van der Waals surface area contributed by atoms with E-state index in [0.29, 0.717) is 26.3 Å². The van der Waals surface area contributed by atoms with Crippen LogP contribution in [-0.2, 0) is 26.1 Å². The van der Waals surface area contributed by atoms with Crippen LogP contribution in [0.15, 0.2) is 82.8 Å². The monoisotopic (exact) mass is 460 g/mol. The van der Waals surface area contributed by atoms with E-state index in [-0.39, 0.29) is 11.9 Å². The number of nitrogens with two attached hydrogens (primary N) is 4. The van der Waals surface area contributed by atoms with Crippen molar-refractivity contribution in [2.75, 3.05) is 13.1 Å². The predicted molar refractivity (Wildman–Crippen MR) is 137 cm³/mol. The summed E-state index contributed by atoms with van der Waals surface area (Å²) in [5.74, 6) is 1.87. The van der Waals surface area contributed by atoms with E-state index < -0.39 is 0 Å². The Kier molecular flexibility index (Phi) is 9.16. The van der Waals surface area contributed by atoms with E-state index in [1.165, 1.54) is 0 Å². The van der Waals surface area contributed by atoms with Crippen molar-refractivity contribution in [3.05, 3.63) is 95.1 Å². The summed E-state index contributed by atoms with van der Waals surface area (Å²) in [6.45, 7) is 2.14. The first kappa shape index (κ1) is 24.4. The Morgan fingerprint density at radius 1 is 0.500 bits per heavy atom. The number of hydrogen-bond donors (Lipinski definition) is 4. The van der Waals surface area contributed by atoms with Gasteiger partial charge in [0.25, 0.3) is 0 Å². The van der Waals surface area contributed by atoms with Gasteiger partial charge >= 0.3 is 0 Å². The minimum absolute atomic E-state index is 0.114. The van der Waals surface area contributed by atoms with E-state index in [1.807, 2.05) is 48.5 Å². The van der Waals surface area contributed by atoms with Crippen molar-refractivity contribution in [3.63, 3.8) is 0 Å². The molecule has 0 fully saturated rings. The van der Waals surface area contributed by atoms with Gasteiger partial charge in [0.15, 0.2) is 11.9 Å². The molecule has 178 valence electrons. The zero-order valence-electron chi connectivity index (χ0n) is 19.2. The summed E-state index contributed by atoms with van der Waals surface area (Å²) >= 11 is 0. The molecule has 3 rings (SSSR count). The van der Waals surface area contributed by atoms with Crippen molar-refractivity contribution in [2.45, 2.75) is 26.1 Å². The molecule has 0 heterocycles. The Balaban J connectivity index is 1.41. The SMILES string of the molecule is NC(N)=NCCc1ccc(OCc2ccc(COc3ccc(CCN=C(N)N)cc3)cc2)cc1. The molecule has 0 saturated heterocycles. The molecule has 0 spiro atoms. The lowest BCUT2D eigenvalue weighted by Crippen LogP contribution is -2.23. The maximum atomic E-state index is 5.89. The third kappa shape index (κ3) is 8.74. The van der Waals surface area contributed by atoms with Gasteiger partial charge in [0, 0.05) is 13.1 Å². The fourth-order valence-corrected chi connectivity index (χ4v) is 3.20. The molecule has 0 bridgehead atoms. The van der Waals surface area contributed by atoms with Crippen molar-refractivity contribution in [3.8, 4) is 11.5 Å². The van der Waals surface area contributed by atoms with Crippen molar-refractivity contribution < 1.29 is 9.47 Å². The number of rotatable bonds is 12. The maximum Gasteiger partial charge on any atom is 0.185 e. The van der Waals surface area contributed by atoms with Crippen LogP contribution in [0, 0.1) is 0 Å². The van der Waals surface area contributed by atoms with E-state index in [2.05, 4.69) is 34.3 Å². The Morgan fingerprint density at radius 3 is 1.15 bits per heavy atom. The van der Waals surface area contributed by atoms with Crippen LogP contribution in [0.5, 0.6) is 11.5 Å². The first-order chi connectivity index (χ1) is 16.5. The summed E-state index contributed by atoms with van der Waals surface area (Å²) in [5.41, 5.74) is 25.9. The summed E-state index contributed by atoms with van der Waals surface area (Å²) in [6, 6.07) is 24.1. The van der Waals surface area contributed by atoms with Gasteiger partial charge in [0.1, 0.15) is 24.7 Å². The predicted octanol–water partition coefficient (Wildman–Crippen LogP) is 2.48. The molecular weight excluding hydrogens is 428 g/mol. The quantitative estimate of drug-likeness (QED) is 0.241. The van der Waals surface area contributed by atoms with Gasteiger partial charge in [-0.2, -0.15) is 0 Å². The fourth-order valence-electron chi connectivity index (χ4n) is 3.20. The van der Waals surface area contributed by atoms with E-state index in [0.717, 1.165) is 46.6 Å². The van der Waals surface area contributed by atoms with E-state index in [9.17, 15) is 0 Å². The topological polar surface area (TPSA) is 147 Å². The van der Waals surface area contributed by atoms with Crippen LogP contribution in [0.25, 0.3) is 0 Å². The number of ether oxygens (including phenoxy) is 2. The van der Waals surface area contributed by atoms with Crippen LogP contribution in [0.3, 0.4) is 0 Å². The number of aliphatic imine (C=N–C) groups is 2. The van der Waals surface area contributed by atoms with Crippen LogP contribution < -0.4 is 32.4 Å². The van der Waals surface area contributed by atoms with Crippen LogP contribution in [0.2, 0.25) is 0 Å². The first-order valence-corrected chi connectivity index (χ1v) is 11.1. The van der Waals surface area contributed by atoms with Crippen molar-refractivity contribution in [1.82, 2.24) is 0 Å². The van der Waals surface area contributed by atoms with Gasteiger partial charge in [0.2, 0.25) is 0 Å². The highest BCUT2D eigenvalue weighted by molar-refractivity contribution is 5.75. The average molecular weight is 461 g/mol. The van der Waals surface area contributed by atoms with Gasteiger partial charge in [-0.3, -0.25) is 9.98 Å². The van der Waals surface area contributed by atoms with Gasteiger partial charge in [-0.1, -0.05) is 48.5 Å². The summed E-state index contributed by atoms with van der Waals surface area (Å²) in [7, 11) is 0. The summed E-state index contributed by atoms with van der Waals surface area (Å²) in [6.07, 6.45) is 1.57. The molecule has 0 amide bonds. The summed E-state index contributed by atoms with van der Waals surface area (Å²) in [4.78, 5) is 7.99. The third-order valence-electron chi connectivity index (χ3n) is 5.07. The molecule has 0 aliphatic rings. The second-order valence-electron chi connectivity index (χ2n) is 7.79. The van der Waals surface area contributed by atoms with E-state index in [1.54, 1.807) is 0 Å². The fraction of sp³-hybridized carbons (Fsp3) is 0.231. The molecule has 0 aromatic heterocycles. The van der Waals surface area contributed by atoms with Gasteiger partial charge in [-0.15, -0.1) is 0 Å². The first-order valence-electron chi connectivity index (χ1n) is 11.1. The molecule has 3 aromatic rings. The molecule has 0 aliphatic heterocycles. The lowest BCUT2D eigenvalue weighted by molar-refractivity contribution is 0.302. The number of guanidine groups is 2. The van der Waals surface area contributed by atoms with Crippen molar-refractivity contribution >= 4 is 11.9 Å². The Morgan fingerprint density at radius 2 is 0.824 bits per heavy atom. The zero-order valence-corrected chi connectivity index (χ0v) is 19.2. The van der Waals surface area contributed by atoms with Crippen molar-refractivity contribution in [2.24, 2.45) is 32.9 Å². The second-order valence-corrected chi connectivity index (χ2v) is 7.79. The number of hydrogen-bond acceptors (Lipinski definition) is 4. The zero-order chi connectivity index (χ0) is 24.2. The van der Waals surface area contributed by atoms with E-state index >= 15 is 0 Å². The molecule has 0 atom stereocenters. The van der Waals surface area contributed by atoms with Crippen LogP contribution >= 0.6 is 0 Å². The van der Waals surface area contributed by atoms with Gasteiger partial charge in [-0.25, -0.2) is 0 Å². The molecule has 0 saturated carbocycles. The molecule has 8 nitrogen and oxygen atoms in total. The highest BCUT2D eigenvalue weighted by Crippen LogP contribution is 2.17. The lowest BCUT2D eigenvalue weighted by atomic mass is 10.1. The minimum atomic E-state index is 0.114. The summed E-state index contributed by atoms with van der Waals surface area (Å²) < 4.78 is 11.8. The second kappa shape index (κ2) is 12.7. The molecule has 34 heavy (non-hydrogen) atoms. The molecule has 3 aromatic carbocycles. The molecule has 0 aliphatic carbocycles. The Labute approximate surface area is 200 Å². The largest absolute Gasteiger partial charge is 0.489 e. The van der Waals surface area contributed by atoms with Gasteiger partial charge in [0.05, 0.1) is 0 Å². The summed E-state index contributed by atoms with van der Waals surface area (Å²) in [5, 5.41) is 0. The molecule has 8 N–H and O–H groups in total. The van der Waals surface area contributed by atoms with Crippen LogP contribution in [0.1, 0.15) is 22.3 Å². The maximum absolute atomic E-state index is 5.89. The molecular formula is C26H32N6O2. The van der Waals surface area contributed by atoms with Crippen LogP contribution in [0.4, 0.5) is 0 Å². The molecule has 8 heteroatoms. The van der Waals surface area contributed by atoms with E-state index in [4.69, 9.17) is 32.4 Å². The van der Waals surface area contributed by atoms with Gasteiger partial charge < -0.3 is 32.4 Å². The van der Waals surface area contributed by atoms with Crippen LogP contribution in [-0.4, -0.2) is 25.0 Å². The average Bonchev–Trinajstić information content (AvgIpc) is 2.83.